The summed E-state index contributed by atoms with van der Waals surface area (Å²) in [5, 5.41) is 3.54. The number of hydrogen-bond acceptors (Lipinski definition) is 4. The molecule has 0 amide bonds. The first kappa shape index (κ1) is 17.5. The highest BCUT2D eigenvalue weighted by Crippen LogP contribution is 2.50. The van der Waals surface area contributed by atoms with Crippen molar-refractivity contribution in [2.24, 2.45) is 5.92 Å². The summed E-state index contributed by atoms with van der Waals surface area (Å²) in [7, 11) is -3.21. The van der Waals surface area contributed by atoms with Gasteiger partial charge in [0.15, 0.2) is 20.9 Å². The summed E-state index contributed by atoms with van der Waals surface area (Å²) in [6.07, 6.45) is 6.41. The molecule has 0 radical (unpaired) electrons. The van der Waals surface area contributed by atoms with Crippen molar-refractivity contribution in [2.45, 2.75) is 28.2 Å². The fraction of sp³-hybridized carbons (Fsp3) is 0.263. The van der Waals surface area contributed by atoms with Crippen molar-refractivity contribution in [2.75, 3.05) is 11.6 Å². The zero-order valence-electron chi connectivity index (χ0n) is 14.1. The highest BCUT2D eigenvalue weighted by molar-refractivity contribution is 7.90. The van der Waals surface area contributed by atoms with Crippen LogP contribution in [0.5, 0.6) is 0 Å². The van der Waals surface area contributed by atoms with Gasteiger partial charge in [0.05, 0.1) is 15.8 Å². The lowest BCUT2D eigenvalue weighted by Gasteiger charge is -2.37. The Bertz CT molecular complexity index is 1010. The molecule has 7 heteroatoms. The molecule has 136 valence electrons. The third-order valence-electron chi connectivity index (χ3n) is 5.20. The summed E-state index contributed by atoms with van der Waals surface area (Å²) in [6.45, 7) is 0. The van der Waals surface area contributed by atoms with E-state index in [1.165, 1.54) is 6.26 Å². The molecule has 1 heterocycles. The first-order valence-corrected chi connectivity index (χ1v) is 11.3. The number of allylic oxidation sites excluding steroid dienone is 2. The molecule has 0 aromatic heterocycles. The van der Waals surface area contributed by atoms with E-state index in [1.807, 2.05) is 18.2 Å². The maximum absolute atomic E-state index is 11.7. The molecule has 4 rings (SSSR count). The van der Waals surface area contributed by atoms with Crippen LogP contribution in [0.25, 0.3) is 0 Å². The molecule has 2 aliphatic rings. The van der Waals surface area contributed by atoms with Gasteiger partial charge in [-0.2, -0.15) is 0 Å². The van der Waals surface area contributed by atoms with Gasteiger partial charge in [0.25, 0.3) is 0 Å². The Morgan fingerprint density at radius 2 is 1.88 bits per heavy atom. The van der Waals surface area contributed by atoms with Gasteiger partial charge in [-0.3, -0.25) is 0 Å². The van der Waals surface area contributed by atoms with E-state index in [0.29, 0.717) is 9.79 Å². The lowest BCUT2D eigenvalue weighted by Crippen LogP contribution is -2.29. The molecule has 0 fully saturated rings. The topological polar surface area (TPSA) is 83.5 Å². The third-order valence-corrected chi connectivity index (χ3v) is 6.99. The molecule has 1 aliphatic carbocycles. The monoisotopic (exact) mass is 389 g/mol. The average molecular weight is 389 g/mol. The molecule has 5 nitrogen and oxygen atoms in total. The van der Waals surface area contributed by atoms with Crippen molar-refractivity contribution < 1.29 is 17.2 Å². The largest absolute Gasteiger partial charge is 0.378 e. The van der Waals surface area contributed by atoms with Crippen LogP contribution in [-0.2, 0) is 20.9 Å². The molecular formula is C19H19NO4S2. The van der Waals surface area contributed by atoms with Crippen LogP contribution in [0.1, 0.15) is 29.5 Å². The summed E-state index contributed by atoms with van der Waals surface area (Å²) in [5.41, 5.74) is 3.02. The normalized spacial score (nSPS) is 25.2. The molecule has 2 aromatic carbocycles. The fourth-order valence-corrected chi connectivity index (χ4v) is 4.98. The first-order chi connectivity index (χ1) is 12.3. The number of rotatable bonds is 3. The Kier molecular flexibility index (Phi) is 4.25. The second-order valence-corrected chi connectivity index (χ2v) is 9.80. The number of hydrogen-bond donors (Lipinski definition) is 2. The zero-order chi connectivity index (χ0) is 18.5. The van der Waals surface area contributed by atoms with E-state index in [2.05, 4.69) is 17.5 Å². The highest BCUT2D eigenvalue weighted by atomic mass is 32.2. The van der Waals surface area contributed by atoms with Gasteiger partial charge in [-0.25, -0.2) is 12.6 Å². The maximum Gasteiger partial charge on any atom is 0.186 e. The molecule has 1 aliphatic heterocycles. The van der Waals surface area contributed by atoms with Crippen LogP contribution in [0, 0.1) is 5.92 Å². The molecule has 2 N–H and O–H groups in total. The van der Waals surface area contributed by atoms with Gasteiger partial charge >= 0.3 is 0 Å². The molecule has 0 saturated carbocycles. The van der Waals surface area contributed by atoms with Crippen molar-refractivity contribution in [3.63, 3.8) is 0 Å². The fourth-order valence-electron chi connectivity index (χ4n) is 3.93. The van der Waals surface area contributed by atoms with E-state index in [4.69, 9.17) is 0 Å². The van der Waals surface area contributed by atoms with Crippen molar-refractivity contribution in [3.8, 4) is 0 Å². The molecule has 26 heavy (non-hydrogen) atoms. The highest BCUT2D eigenvalue weighted by Gasteiger charge is 2.38. The van der Waals surface area contributed by atoms with Gasteiger partial charge in [0, 0.05) is 17.9 Å². The van der Waals surface area contributed by atoms with Gasteiger partial charge in [-0.05, 0) is 53.8 Å². The maximum atomic E-state index is 11.7. The molecule has 4 atom stereocenters. The predicted molar refractivity (Wildman–Crippen MR) is 101 cm³/mol. The van der Waals surface area contributed by atoms with Crippen LogP contribution in [0.15, 0.2) is 64.4 Å². The number of nitrogens with one attached hydrogen (secondary N) is 1. The minimum absolute atomic E-state index is 0.0570. The van der Waals surface area contributed by atoms with Gasteiger partial charge in [-0.1, -0.05) is 24.3 Å². The van der Waals surface area contributed by atoms with Gasteiger partial charge in [0.1, 0.15) is 0 Å². The van der Waals surface area contributed by atoms with E-state index in [9.17, 15) is 17.2 Å². The van der Waals surface area contributed by atoms with Crippen LogP contribution in [0.2, 0.25) is 0 Å². The lowest BCUT2D eigenvalue weighted by atomic mass is 9.77. The van der Waals surface area contributed by atoms with Crippen LogP contribution in [-0.4, -0.2) is 23.4 Å². The Balaban J connectivity index is 1.73. The van der Waals surface area contributed by atoms with Gasteiger partial charge < -0.3 is 9.87 Å². The SMILES string of the molecule is CS(=O)(=O)c1ccc([C@@H]2Nc3ccc(S(=O)O)cc3[C@H]3C=CC[C@H]32)cc1. The molecule has 2 aromatic rings. The lowest BCUT2D eigenvalue weighted by molar-refractivity contribution is 0.425. The smallest absolute Gasteiger partial charge is 0.186 e. The Labute approximate surface area is 155 Å². The van der Waals surface area contributed by atoms with Gasteiger partial charge in [0.2, 0.25) is 0 Å². The minimum atomic E-state index is -3.21. The zero-order valence-corrected chi connectivity index (χ0v) is 15.8. The molecule has 0 spiro atoms. The minimum Gasteiger partial charge on any atom is -0.378 e. The van der Waals surface area contributed by atoms with E-state index >= 15 is 0 Å². The summed E-state index contributed by atoms with van der Waals surface area (Å²) < 4.78 is 44.1. The van der Waals surface area contributed by atoms with Crippen molar-refractivity contribution in [3.05, 3.63) is 65.7 Å². The summed E-state index contributed by atoms with van der Waals surface area (Å²) in [4.78, 5) is 0.717. The second-order valence-electron chi connectivity index (χ2n) is 6.81. The first-order valence-electron chi connectivity index (χ1n) is 8.32. The Morgan fingerprint density at radius 1 is 1.15 bits per heavy atom. The van der Waals surface area contributed by atoms with Crippen molar-refractivity contribution >= 4 is 26.6 Å². The average Bonchev–Trinajstić information content (AvgIpc) is 3.10. The van der Waals surface area contributed by atoms with Crippen LogP contribution < -0.4 is 5.32 Å². The standard InChI is InChI=1S/C19H19NO4S2/c1-26(23,24)14-8-5-12(6-9-14)19-16-4-2-3-15(16)17-11-13(25(21)22)7-10-18(17)20-19/h2-3,5-11,15-16,19-20H,4H2,1H3,(H,21,22)/t15-,16+,19-/m0/s1. The molecule has 0 saturated heterocycles. The van der Waals surface area contributed by atoms with Gasteiger partial charge in [-0.15, -0.1) is 0 Å². The number of benzene rings is 2. The number of fused-ring (bicyclic) bond motifs is 3. The Morgan fingerprint density at radius 3 is 2.54 bits per heavy atom. The molecular weight excluding hydrogens is 370 g/mol. The quantitative estimate of drug-likeness (QED) is 0.620. The number of sulfone groups is 1. The van der Waals surface area contributed by atoms with Crippen LogP contribution in [0.4, 0.5) is 5.69 Å². The van der Waals surface area contributed by atoms with E-state index in [1.54, 1.807) is 24.3 Å². The predicted octanol–water partition coefficient (Wildman–Crippen LogP) is 3.50. The number of anilines is 1. The van der Waals surface area contributed by atoms with E-state index < -0.39 is 20.9 Å². The van der Waals surface area contributed by atoms with Crippen LogP contribution >= 0.6 is 0 Å². The summed E-state index contributed by atoms with van der Waals surface area (Å²) in [5.74, 6) is 0.461. The van der Waals surface area contributed by atoms with Crippen molar-refractivity contribution in [1.29, 1.82) is 0 Å². The van der Waals surface area contributed by atoms with E-state index in [0.717, 1.165) is 23.2 Å². The molecule has 0 bridgehead atoms. The second kappa shape index (κ2) is 6.33. The third kappa shape index (κ3) is 3.00. The van der Waals surface area contributed by atoms with E-state index in [-0.39, 0.29) is 17.9 Å². The summed E-state index contributed by atoms with van der Waals surface area (Å²) in [6, 6.07) is 12.4. The molecule has 1 unspecified atom stereocenters. The van der Waals surface area contributed by atoms with Crippen LogP contribution in [0.3, 0.4) is 0 Å². The summed E-state index contributed by atoms with van der Waals surface area (Å²) >= 11 is -2.00. The Hall–Kier alpha value is -1.96. The van der Waals surface area contributed by atoms with Crippen molar-refractivity contribution in [1.82, 2.24) is 0 Å².